The first-order valence-electron chi connectivity index (χ1n) is 9.49. The number of hydrogen-bond acceptors (Lipinski definition) is 4. The molecule has 25 heavy (non-hydrogen) atoms. The number of ketones is 2. The van der Waals surface area contributed by atoms with Crippen LogP contribution in [0.5, 0.6) is 0 Å². The molecule has 2 saturated carbocycles. The second kappa shape index (κ2) is 5.14. The molecule has 0 heterocycles. The van der Waals surface area contributed by atoms with Crippen molar-refractivity contribution in [2.24, 2.45) is 34.5 Å². The highest BCUT2D eigenvalue weighted by atomic mass is 16.5. The smallest absolute Gasteiger partial charge is 0.179 e. The van der Waals surface area contributed by atoms with Crippen molar-refractivity contribution in [2.75, 3.05) is 0 Å². The minimum atomic E-state index is -2.01. The van der Waals surface area contributed by atoms with Gasteiger partial charge in [0, 0.05) is 5.92 Å². The molecule has 4 rings (SSSR count). The number of fused-ring (bicyclic) bond motifs is 5. The summed E-state index contributed by atoms with van der Waals surface area (Å²) >= 11 is 0. The highest BCUT2D eigenvalue weighted by Gasteiger charge is 2.64. The number of carbonyl (C=O) groups excluding carboxylic acids is 2. The molecule has 4 nitrogen and oxygen atoms in total. The maximum absolute atomic E-state index is 12.2. The number of carbonyl (C=O) groups is 2. The van der Waals surface area contributed by atoms with Crippen LogP contribution in [0.3, 0.4) is 0 Å². The summed E-state index contributed by atoms with van der Waals surface area (Å²) in [6, 6.07) is 0. The van der Waals surface area contributed by atoms with Gasteiger partial charge >= 0.3 is 0 Å². The lowest BCUT2D eigenvalue weighted by Gasteiger charge is -2.58. The van der Waals surface area contributed by atoms with Gasteiger partial charge in [0.2, 0.25) is 0 Å². The molecule has 4 heteroatoms. The van der Waals surface area contributed by atoms with E-state index in [2.05, 4.69) is 13.0 Å². The predicted octanol–water partition coefficient (Wildman–Crippen LogP) is 2.79. The van der Waals surface area contributed by atoms with Crippen LogP contribution in [0.25, 0.3) is 0 Å². The molecule has 0 aromatic heterocycles. The monoisotopic (exact) mass is 344 g/mol. The van der Waals surface area contributed by atoms with Gasteiger partial charge in [0.1, 0.15) is 5.78 Å². The third kappa shape index (κ3) is 2.07. The molecule has 0 spiro atoms. The Morgan fingerprint density at radius 2 is 1.88 bits per heavy atom. The number of aliphatic hydroxyl groups is 2. The summed E-state index contributed by atoms with van der Waals surface area (Å²) in [7, 11) is 0. The van der Waals surface area contributed by atoms with Crippen LogP contribution in [0.1, 0.15) is 52.9 Å². The van der Waals surface area contributed by atoms with Crippen LogP contribution in [0.4, 0.5) is 0 Å². The van der Waals surface area contributed by atoms with Crippen molar-refractivity contribution in [1.82, 2.24) is 0 Å². The highest BCUT2D eigenvalue weighted by Crippen LogP contribution is 2.66. The Labute approximate surface area is 149 Å². The Kier molecular flexibility index (Phi) is 3.53. The van der Waals surface area contributed by atoms with Crippen LogP contribution in [-0.2, 0) is 9.59 Å². The number of hydrogen-bond donors (Lipinski definition) is 2. The van der Waals surface area contributed by atoms with Crippen molar-refractivity contribution in [2.45, 2.75) is 58.7 Å². The van der Waals surface area contributed by atoms with E-state index in [1.807, 2.05) is 13.0 Å². The van der Waals surface area contributed by atoms with Crippen LogP contribution in [-0.4, -0.2) is 27.6 Å². The molecule has 2 N–H and O–H groups in total. The maximum Gasteiger partial charge on any atom is 0.179 e. The number of allylic oxidation sites excluding steroid dienone is 3. The van der Waals surface area contributed by atoms with E-state index in [-0.39, 0.29) is 41.2 Å². The fraction of sp³-hybridized carbons (Fsp3) is 0.714. The van der Waals surface area contributed by atoms with E-state index in [0.29, 0.717) is 5.92 Å². The second-order valence-corrected chi connectivity index (χ2v) is 9.20. The zero-order chi connectivity index (χ0) is 18.2. The van der Waals surface area contributed by atoms with Crippen molar-refractivity contribution in [3.63, 3.8) is 0 Å². The van der Waals surface area contributed by atoms with Crippen molar-refractivity contribution in [1.29, 1.82) is 0 Å². The molecule has 0 amide bonds. The second-order valence-electron chi connectivity index (χ2n) is 9.20. The first-order chi connectivity index (χ1) is 11.6. The van der Waals surface area contributed by atoms with Crippen molar-refractivity contribution in [3.8, 4) is 0 Å². The first kappa shape index (κ1) is 17.2. The molecule has 4 aliphatic rings. The summed E-state index contributed by atoms with van der Waals surface area (Å²) in [5.41, 5.74) is -0.0668. The van der Waals surface area contributed by atoms with Gasteiger partial charge < -0.3 is 10.2 Å². The van der Waals surface area contributed by atoms with E-state index in [9.17, 15) is 19.8 Å². The van der Waals surface area contributed by atoms with Crippen LogP contribution >= 0.6 is 0 Å². The molecule has 0 aromatic carbocycles. The van der Waals surface area contributed by atoms with E-state index in [4.69, 9.17) is 0 Å². The third-order valence-corrected chi connectivity index (χ3v) is 8.23. The van der Waals surface area contributed by atoms with E-state index in [1.165, 1.54) is 0 Å². The van der Waals surface area contributed by atoms with E-state index in [1.54, 1.807) is 13.0 Å². The average molecular weight is 344 g/mol. The molecule has 0 unspecified atom stereocenters. The van der Waals surface area contributed by atoms with Crippen LogP contribution in [0, 0.1) is 34.5 Å². The lowest BCUT2D eigenvalue weighted by molar-refractivity contribution is -0.255. The largest absolute Gasteiger partial charge is 0.364 e. The Hall–Kier alpha value is -1.26. The normalized spacial score (nSPS) is 47.6. The maximum atomic E-state index is 12.2. The summed E-state index contributed by atoms with van der Waals surface area (Å²) in [5.74, 6) is -1.10. The van der Waals surface area contributed by atoms with E-state index >= 15 is 0 Å². The summed E-state index contributed by atoms with van der Waals surface area (Å²) in [6.07, 6.45) is 9.23. The quantitative estimate of drug-likeness (QED) is 0.717. The SMILES string of the molecule is CC(=O)[C@@H]1CC[C@H]2[C@@H]3C=CC4=CC(=O)CC(O)(O)[C@@]4(C)[C@@H]3CC[C@]12C. The zero-order valence-electron chi connectivity index (χ0n) is 15.3. The van der Waals surface area contributed by atoms with Crippen LogP contribution < -0.4 is 0 Å². The lowest BCUT2D eigenvalue weighted by Crippen LogP contribution is -2.60. The molecule has 6 atom stereocenters. The van der Waals surface area contributed by atoms with Gasteiger partial charge in [-0.1, -0.05) is 26.0 Å². The average Bonchev–Trinajstić information content (AvgIpc) is 2.85. The van der Waals surface area contributed by atoms with Gasteiger partial charge in [0.05, 0.1) is 11.8 Å². The summed E-state index contributed by atoms with van der Waals surface area (Å²) < 4.78 is 0. The van der Waals surface area contributed by atoms with Crippen LogP contribution in [0.2, 0.25) is 0 Å². The van der Waals surface area contributed by atoms with Gasteiger partial charge in [0.15, 0.2) is 11.6 Å². The number of Topliss-reactive ketones (excluding diaryl/α,β-unsaturated/α-hetero) is 1. The van der Waals surface area contributed by atoms with Crippen molar-refractivity contribution < 1.29 is 19.8 Å². The molecular weight excluding hydrogens is 316 g/mol. The Balaban J connectivity index is 1.78. The highest BCUT2D eigenvalue weighted by molar-refractivity contribution is 5.93. The Morgan fingerprint density at radius 1 is 1.16 bits per heavy atom. The topological polar surface area (TPSA) is 74.6 Å². The van der Waals surface area contributed by atoms with Gasteiger partial charge in [-0.15, -0.1) is 0 Å². The fourth-order valence-corrected chi connectivity index (χ4v) is 6.78. The molecule has 0 aromatic rings. The third-order valence-electron chi connectivity index (χ3n) is 8.23. The molecule has 136 valence electrons. The Morgan fingerprint density at radius 3 is 2.56 bits per heavy atom. The molecule has 0 aliphatic heterocycles. The molecule has 0 saturated heterocycles. The standard InChI is InChI=1S/C21H28O4/c1-12(22)16-6-7-17-15-5-4-13-10-14(23)11-21(24,25)20(13,3)18(15)8-9-19(16,17)2/h4-5,10,15-18,24-25H,6-9,11H2,1-3H3/t15-,16-,17-,18+,19+,20+/m0/s1. The summed E-state index contributed by atoms with van der Waals surface area (Å²) in [4.78, 5) is 24.1. The van der Waals surface area contributed by atoms with Crippen LogP contribution in [0.15, 0.2) is 23.8 Å². The van der Waals surface area contributed by atoms with Gasteiger partial charge in [-0.05, 0) is 67.4 Å². The van der Waals surface area contributed by atoms with Gasteiger partial charge in [0.25, 0.3) is 0 Å². The number of rotatable bonds is 1. The minimum absolute atomic E-state index is 0.00692. The minimum Gasteiger partial charge on any atom is -0.364 e. The summed E-state index contributed by atoms with van der Waals surface area (Å²) in [5, 5.41) is 21.6. The molecule has 0 bridgehead atoms. The van der Waals surface area contributed by atoms with Gasteiger partial charge in [-0.3, -0.25) is 9.59 Å². The van der Waals surface area contributed by atoms with E-state index in [0.717, 1.165) is 31.3 Å². The Bertz CT molecular complexity index is 703. The van der Waals surface area contributed by atoms with Crippen molar-refractivity contribution in [3.05, 3.63) is 23.8 Å². The molecular formula is C21H28O4. The summed E-state index contributed by atoms with van der Waals surface area (Å²) in [6.45, 7) is 5.87. The van der Waals surface area contributed by atoms with Gasteiger partial charge in [-0.25, -0.2) is 0 Å². The molecule has 4 aliphatic carbocycles. The molecule has 2 fully saturated rings. The lowest BCUT2D eigenvalue weighted by atomic mass is 9.47. The predicted molar refractivity (Wildman–Crippen MR) is 93.3 cm³/mol. The zero-order valence-corrected chi connectivity index (χ0v) is 15.3. The fourth-order valence-electron chi connectivity index (χ4n) is 6.78. The molecule has 0 radical (unpaired) electrons. The first-order valence-corrected chi connectivity index (χ1v) is 9.49. The van der Waals surface area contributed by atoms with Crippen molar-refractivity contribution >= 4 is 11.6 Å². The van der Waals surface area contributed by atoms with Gasteiger partial charge in [-0.2, -0.15) is 0 Å². The van der Waals surface area contributed by atoms with E-state index < -0.39 is 11.2 Å².